The molecular weight excluding hydrogens is 458 g/mol. The summed E-state index contributed by atoms with van der Waals surface area (Å²) in [6.07, 6.45) is -0.946. The Morgan fingerprint density at radius 2 is 1.90 bits per heavy atom. The van der Waals surface area contributed by atoms with Gasteiger partial charge in [0.25, 0.3) is 0 Å². The number of hydrogen-bond donors (Lipinski definition) is 3. The zero-order chi connectivity index (χ0) is 21.4. The van der Waals surface area contributed by atoms with Crippen LogP contribution in [0.25, 0.3) is 0 Å². The van der Waals surface area contributed by atoms with Crippen LogP contribution < -0.4 is 5.32 Å². The Kier molecular flexibility index (Phi) is 8.85. The molecule has 0 aliphatic heterocycles. The normalized spacial score (nSPS) is 12.7. The molecule has 2 aromatic carbocycles. The Morgan fingerprint density at radius 1 is 1.21 bits per heavy atom. The monoisotopic (exact) mass is 481 g/mol. The maximum Gasteiger partial charge on any atom is 0.412 e. The molecule has 0 radical (unpaired) electrons. The number of nitrogens with one attached hydrogen (secondary N) is 1. The number of anilines is 1. The Bertz CT molecular complexity index is 843. The van der Waals surface area contributed by atoms with Gasteiger partial charge in [0, 0.05) is 21.6 Å². The number of halogens is 1. The quantitative estimate of drug-likeness (QED) is 0.354. The molecule has 0 saturated heterocycles. The van der Waals surface area contributed by atoms with Gasteiger partial charge >= 0.3 is 12.1 Å². The molecular formula is C21H24BrNO5S. The van der Waals surface area contributed by atoms with Crippen molar-refractivity contribution < 1.29 is 24.2 Å². The Morgan fingerprint density at radius 3 is 2.55 bits per heavy atom. The van der Waals surface area contributed by atoms with Gasteiger partial charge in [-0.1, -0.05) is 40.5 Å². The first-order chi connectivity index (χ1) is 13.8. The number of benzene rings is 2. The highest BCUT2D eigenvalue weighted by Gasteiger charge is 2.27. The van der Waals surface area contributed by atoms with Gasteiger partial charge in [-0.3, -0.25) is 10.1 Å². The first kappa shape index (κ1) is 23.1. The first-order valence-corrected chi connectivity index (χ1v) is 10.5. The Balaban J connectivity index is 2.14. The number of rotatable bonds is 8. The zero-order valence-electron chi connectivity index (χ0n) is 16.2. The number of aryl methyl sites for hydroxylation is 1. The molecule has 0 saturated carbocycles. The molecule has 0 aliphatic rings. The lowest BCUT2D eigenvalue weighted by molar-refractivity contribution is -0.141. The SMILES string of the molecule is Cc1ccc(NC(=O)O[C@@H](c2cc(Br)ccc2O)[C@H](C)CCOC(=O)CS)cc1. The number of esters is 1. The lowest BCUT2D eigenvalue weighted by Gasteiger charge is -2.25. The number of amides is 1. The zero-order valence-corrected chi connectivity index (χ0v) is 18.7. The van der Waals surface area contributed by atoms with Crippen LogP contribution in [0.1, 0.15) is 30.6 Å². The average Bonchev–Trinajstić information content (AvgIpc) is 2.69. The van der Waals surface area contributed by atoms with Crippen LogP contribution in [0.5, 0.6) is 5.75 Å². The highest BCUT2D eigenvalue weighted by atomic mass is 79.9. The van der Waals surface area contributed by atoms with E-state index in [9.17, 15) is 14.7 Å². The maximum absolute atomic E-state index is 12.5. The summed E-state index contributed by atoms with van der Waals surface area (Å²) in [6, 6.07) is 12.3. The maximum atomic E-state index is 12.5. The van der Waals surface area contributed by atoms with Crippen molar-refractivity contribution in [1.29, 1.82) is 0 Å². The van der Waals surface area contributed by atoms with Crippen LogP contribution in [0.15, 0.2) is 46.9 Å². The predicted molar refractivity (Wildman–Crippen MR) is 118 cm³/mol. The standard InChI is InChI=1S/C21H24BrNO5S/c1-13-3-6-16(7-4-13)23-21(26)28-20(14(2)9-10-27-19(25)12-29)17-11-15(22)5-8-18(17)24/h3-8,11,14,20,24,29H,9-10,12H2,1-2H3,(H,23,26)/t14-,20-/m1/s1. The molecule has 2 atom stereocenters. The lowest BCUT2D eigenvalue weighted by atomic mass is 9.94. The van der Waals surface area contributed by atoms with Crippen molar-refractivity contribution in [2.24, 2.45) is 5.92 Å². The van der Waals surface area contributed by atoms with E-state index >= 15 is 0 Å². The van der Waals surface area contributed by atoms with E-state index < -0.39 is 18.2 Å². The second kappa shape index (κ2) is 11.1. The number of hydrogen-bond acceptors (Lipinski definition) is 6. The summed E-state index contributed by atoms with van der Waals surface area (Å²) in [6.45, 7) is 3.98. The van der Waals surface area contributed by atoms with Crippen LogP contribution in [0.3, 0.4) is 0 Å². The third-order valence-electron chi connectivity index (χ3n) is 4.31. The van der Waals surface area contributed by atoms with Crippen LogP contribution in [-0.4, -0.2) is 29.5 Å². The minimum absolute atomic E-state index is 0.000312. The molecule has 0 aromatic heterocycles. The fourth-order valence-corrected chi connectivity index (χ4v) is 3.16. The molecule has 0 aliphatic carbocycles. The molecule has 0 spiro atoms. The van der Waals surface area contributed by atoms with Crippen molar-refractivity contribution in [3.05, 3.63) is 58.1 Å². The Labute approximate surface area is 184 Å². The fourth-order valence-electron chi connectivity index (χ4n) is 2.69. The van der Waals surface area contributed by atoms with Crippen molar-refractivity contribution in [2.45, 2.75) is 26.4 Å². The van der Waals surface area contributed by atoms with Gasteiger partial charge in [0.2, 0.25) is 0 Å². The molecule has 8 heteroatoms. The number of carbonyl (C=O) groups is 2. The number of phenolic OH excluding ortho intramolecular Hbond substituents is 1. The van der Waals surface area contributed by atoms with Crippen molar-refractivity contribution >= 4 is 46.3 Å². The van der Waals surface area contributed by atoms with Gasteiger partial charge in [0.05, 0.1) is 12.4 Å². The van der Waals surface area contributed by atoms with Crippen LogP contribution in [0.2, 0.25) is 0 Å². The van der Waals surface area contributed by atoms with Crippen LogP contribution in [0.4, 0.5) is 10.5 Å². The lowest BCUT2D eigenvalue weighted by Crippen LogP contribution is -2.23. The number of aromatic hydroxyl groups is 1. The van der Waals surface area contributed by atoms with Crippen LogP contribution >= 0.6 is 28.6 Å². The third-order valence-corrected chi connectivity index (χ3v) is 5.06. The second-order valence-corrected chi connectivity index (χ2v) is 7.90. The molecule has 0 bridgehead atoms. The minimum atomic E-state index is -0.743. The van der Waals surface area contributed by atoms with Crippen molar-refractivity contribution in [3.8, 4) is 5.75 Å². The van der Waals surface area contributed by atoms with Crippen LogP contribution in [0, 0.1) is 12.8 Å². The molecule has 0 heterocycles. The van der Waals surface area contributed by atoms with Crippen molar-refractivity contribution in [1.82, 2.24) is 0 Å². The fraction of sp³-hybridized carbons (Fsp3) is 0.333. The van der Waals surface area contributed by atoms with E-state index in [4.69, 9.17) is 9.47 Å². The van der Waals surface area contributed by atoms with Gasteiger partial charge < -0.3 is 14.6 Å². The Hall–Kier alpha value is -2.19. The van der Waals surface area contributed by atoms with E-state index in [0.717, 1.165) is 10.0 Å². The number of phenols is 1. The highest BCUT2D eigenvalue weighted by molar-refractivity contribution is 9.10. The van der Waals surface area contributed by atoms with E-state index in [1.54, 1.807) is 24.3 Å². The van der Waals surface area contributed by atoms with Crippen molar-refractivity contribution in [2.75, 3.05) is 17.7 Å². The molecule has 1 amide bonds. The summed E-state index contributed by atoms with van der Waals surface area (Å²) in [7, 11) is 0. The van der Waals surface area contributed by atoms with Crippen LogP contribution in [-0.2, 0) is 14.3 Å². The summed E-state index contributed by atoms with van der Waals surface area (Å²) in [5.41, 5.74) is 2.14. The third kappa shape index (κ3) is 7.29. The summed E-state index contributed by atoms with van der Waals surface area (Å²) < 4.78 is 11.5. The van der Waals surface area contributed by atoms with E-state index in [-0.39, 0.29) is 24.0 Å². The molecule has 29 heavy (non-hydrogen) atoms. The van der Waals surface area contributed by atoms with Gasteiger partial charge in [-0.05, 0) is 43.7 Å². The van der Waals surface area contributed by atoms with Gasteiger partial charge in [-0.15, -0.1) is 0 Å². The summed E-state index contributed by atoms with van der Waals surface area (Å²) in [5, 5.41) is 13.0. The summed E-state index contributed by atoms with van der Waals surface area (Å²) in [5.74, 6) is -0.632. The highest BCUT2D eigenvalue weighted by Crippen LogP contribution is 2.36. The smallest absolute Gasteiger partial charge is 0.412 e. The summed E-state index contributed by atoms with van der Waals surface area (Å²) >= 11 is 7.25. The van der Waals surface area contributed by atoms with E-state index in [1.807, 2.05) is 26.0 Å². The average molecular weight is 482 g/mol. The van der Waals surface area contributed by atoms with Gasteiger partial charge in [0.15, 0.2) is 0 Å². The molecule has 6 nitrogen and oxygen atoms in total. The number of thiol groups is 1. The molecule has 0 unspecified atom stereocenters. The molecule has 2 N–H and O–H groups in total. The topological polar surface area (TPSA) is 84.9 Å². The first-order valence-electron chi connectivity index (χ1n) is 9.09. The number of carbonyl (C=O) groups excluding carboxylic acids is 2. The van der Waals surface area contributed by atoms with Gasteiger partial charge in [-0.25, -0.2) is 4.79 Å². The molecule has 2 aromatic rings. The molecule has 156 valence electrons. The van der Waals surface area contributed by atoms with Gasteiger partial charge in [-0.2, -0.15) is 12.6 Å². The largest absolute Gasteiger partial charge is 0.508 e. The minimum Gasteiger partial charge on any atom is -0.508 e. The molecule has 0 fully saturated rings. The van der Waals surface area contributed by atoms with Crippen molar-refractivity contribution in [3.63, 3.8) is 0 Å². The van der Waals surface area contributed by atoms with Gasteiger partial charge in [0.1, 0.15) is 11.9 Å². The van der Waals surface area contributed by atoms with E-state index in [1.165, 1.54) is 6.07 Å². The predicted octanol–water partition coefficient (Wildman–Crippen LogP) is 5.25. The van der Waals surface area contributed by atoms with E-state index in [0.29, 0.717) is 17.7 Å². The number of ether oxygens (including phenoxy) is 2. The second-order valence-electron chi connectivity index (χ2n) is 6.66. The summed E-state index contributed by atoms with van der Waals surface area (Å²) in [4.78, 5) is 23.8. The molecule has 2 rings (SSSR count). The van der Waals surface area contributed by atoms with E-state index in [2.05, 4.69) is 33.9 Å².